The minimum absolute atomic E-state index is 0.171. The molecule has 2 heterocycles. The Balaban J connectivity index is 2.39. The molecule has 4 N–H and O–H groups in total. The predicted octanol–water partition coefficient (Wildman–Crippen LogP) is 0.314. The molecule has 1 amide bonds. The summed E-state index contributed by atoms with van der Waals surface area (Å²) in [4.78, 5) is 15.1. The number of nitrogens with two attached hydrogens (primary N) is 2. The van der Waals surface area contributed by atoms with Gasteiger partial charge < -0.3 is 11.5 Å². The molecule has 2 rings (SSSR count). The van der Waals surface area contributed by atoms with Crippen molar-refractivity contribution in [1.29, 1.82) is 0 Å². The number of carbonyl (C=O) groups is 1. The third-order valence-corrected chi connectivity index (χ3v) is 2.69. The normalized spacial score (nSPS) is 14.1. The molecule has 94 valence electrons. The summed E-state index contributed by atoms with van der Waals surface area (Å²) < 4.78 is 1.64. The number of rotatable bonds is 4. The van der Waals surface area contributed by atoms with Crippen molar-refractivity contribution >= 4 is 5.91 Å². The number of hydrogen-bond acceptors (Lipinski definition) is 4. The molecule has 0 radical (unpaired) electrons. The molecule has 0 bridgehead atoms. The van der Waals surface area contributed by atoms with E-state index in [1.54, 1.807) is 23.3 Å². The van der Waals surface area contributed by atoms with Crippen LogP contribution in [0.25, 0.3) is 0 Å². The van der Waals surface area contributed by atoms with E-state index in [9.17, 15) is 4.79 Å². The standard InChI is InChI=1S/C12H15N5O/c1-8(13)11(9-3-2-4-15-5-9)17-7-10(6-16-17)12(14)18/h2-8,11H,13H2,1H3,(H2,14,18). The van der Waals surface area contributed by atoms with Crippen LogP contribution in [0.1, 0.15) is 28.9 Å². The fraction of sp³-hybridized carbons (Fsp3) is 0.250. The van der Waals surface area contributed by atoms with Crippen LogP contribution in [0.5, 0.6) is 0 Å². The lowest BCUT2D eigenvalue weighted by Gasteiger charge is -2.21. The maximum absolute atomic E-state index is 11.1. The zero-order valence-corrected chi connectivity index (χ0v) is 10.0. The van der Waals surface area contributed by atoms with Crippen molar-refractivity contribution in [3.63, 3.8) is 0 Å². The Hall–Kier alpha value is -2.21. The summed E-state index contributed by atoms with van der Waals surface area (Å²) in [6.45, 7) is 1.88. The van der Waals surface area contributed by atoms with E-state index >= 15 is 0 Å². The molecular formula is C12H15N5O. The predicted molar refractivity (Wildman–Crippen MR) is 66.8 cm³/mol. The van der Waals surface area contributed by atoms with Crippen LogP contribution >= 0.6 is 0 Å². The van der Waals surface area contributed by atoms with Crippen LogP contribution in [-0.2, 0) is 0 Å². The maximum Gasteiger partial charge on any atom is 0.251 e. The van der Waals surface area contributed by atoms with E-state index in [4.69, 9.17) is 11.5 Å². The van der Waals surface area contributed by atoms with Crippen molar-refractivity contribution in [2.75, 3.05) is 0 Å². The molecule has 0 aliphatic carbocycles. The minimum atomic E-state index is -0.504. The van der Waals surface area contributed by atoms with E-state index in [0.29, 0.717) is 5.56 Å². The van der Waals surface area contributed by atoms with E-state index < -0.39 is 5.91 Å². The largest absolute Gasteiger partial charge is 0.366 e. The lowest BCUT2D eigenvalue weighted by Crippen LogP contribution is -2.30. The van der Waals surface area contributed by atoms with Gasteiger partial charge in [-0.2, -0.15) is 5.10 Å². The summed E-state index contributed by atoms with van der Waals surface area (Å²) in [7, 11) is 0. The molecule has 2 unspecified atom stereocenters. The first-order valence-corrected chi connectivity index (χ1v) is 5.59. The van der Waals surface area contributed by atoms with E-state index in [1.165, 1.54) is 6.20 Å². The van der Waals surface area contributed by atoms with E-state index in [1.807, 2.05) is 19.1 Å². The first-order chi connectivity index (χ1) is 8.59. The van der Waals surface area contributed by atoms with Crippen LogP contribution in [0, 0.1) is 0 Å². The molecule has 0 saturated carbocycles. The number of aromatic nitrogens is 3. The zero-order chi connectivity index (χ0) is 13.1. The Morgan fingerprint density at radius 1 is 1.44 bits per heavy atom. The first kappa shape index (κ1) is 12.3. The summed E-state index contributed by atoms with van der Waals surface area (Å²) in [5.41, 5.74) is 12.5. The summed E-state index contributed by atoms with van der Waals surface area (Å²) in [6.07, 6.45) is 6.47. The molecule has 2 aromatic heterocycles. The monoisotopic (exact) mass is 245 g/mol. The van der Waals surface area contributed by atoms with Crippen LogP contribution in [0.3, 0.4) is 0 Å². The Labute approximate surface area is 105 Å². The zero-order valence-electron chi connectivity index (χ0n) is 10.0. The quantitative estimate of drug-likeness (QED) is 0.809. The number of hydrogen-bond donors (Lipinski definition) is 2. The van der Waals surface area contributed by atoms with Crippen molar-refractivity contribution in [1.82, 2.24) is 14.8 Å². The topological polar surface area (TPSA) is 99.8 Å². The van der Waals surface area contributed by atoms with Crippen molar-refractivity contribution in [3.05, 3.63) is 48.0 Å². The average molecular weight is 245 g/mol. The van der Waals surface area contributed by atoms with Gasteiger partial charge >= 0.3 is 0 Å². The molecule has 18 heavy (non-hydrogen) atoms. The molecule has 0 saturated heterocycles. The smallest absolute Gasteiger partial charge is 0.251 e. The Morgan fingerprint density at radius 3 is 2.72 bits per heavy atom. The van der Waals surface area contributed by atoms with Crippen LogP contribution in [0.4, 0.5) is 0 Å². The van der Waals surface area contributed by atoms with E-state index in [2.05, 4.69) is 10.1 Å². The van der Waals surface area contributed by atoms with Crippen molar-refractivity contribution in [2.24, 2.45) is 11.5 Å². The number of carbonyl (C=O) groups excluding carboxylic acids is 1. The molecule has 2 aromatic rings. The second kappa shape index (κ2) is 4.97. The van der Waals surface area contributed by atoms with Gasteiger partial charge in [0.05, 0.1) is 17.8 Å². The third-order valence-electron chi connectivity index (χ3n) is 2.69. The Kier molecular flexibility index (Phi) is 3.38. The van der Waals surface area contributed by atoms with Gasteiger partial charge in [-0.05, 0) is 18.6 Å². The van der Waals surface area contributed by atoms with Gasteiger partial charge in [0.25, 0.3) is 5.91 Å². The Morgan fingerprint density at radius 2 is 2.22 bits per heavy atom. The summed E-state index contributed by atoms with van der Waals surface area (Å²) in [6, 6.07) is 3.41. The summed E-state index contributed by atoms with van der Waals surface area (Å²) in [5, 5.41) is 4.14. The highest BCUT2D eigenvalue weighted by Crippen LogP contribution is 2.19. The second-order valence-corrected chi connectivity index (χ2v) is 4.16. The number of primary amides is 1. The molecule has 0 fully saturated rings. The Bertz CT molecular complexity index is 534. The molecule has 2 atom stereocenters. The molecule has 6 heteroatoms. The second-order valence-electron chi connectivity index (χ2n) is 4.16. The highest BCUT2D eigenvalue weighted by Gasteiger charge is 2.20. The van der Waals surface area contributed by atoms with Gasteiger partial charge in [0.1, 0.15) is 0 Å². The fourth-order valence-corrected chi connectivity index (χ4v) is 1.87. The van der Waals surface area contributed by atoms with Gasteiger partial charge in [0.2, 0.25) is 0 Å². The van der Waals surface area contributed by atoms with Crippen molar-refractivity contribution in [3.8, 4) is 0 Å². The van der Waals surface area contributed by atoms with Crippen molar-refractivity contribution < 1.29 is 4.79 Å². The number of amides is 1. The summed E-state index contributed by atoms with van der Waals surface area (Å²) in [5.74, 6) is -0.504. The highest BCUT2D eigenvalue weighted by molar-refractivity contribution is 5.92. The first-order valence-electron chi connectivity index (χ1n) is 5.59. The van der Waals surface area contributed by atoms with Crippen molar-refractivity contribution in [2.45, 2.75) is 19.0 Å². The van der Waals surface area contributed by atoms with E-state index in [0.717, 1.165) is 5.56 Å². The van der Waals surface area contributed by atoms with Crippen LogP contribution in [-0.4, -0.2) is 26.7 Å². The third kappa shape index (κ3) is 2.38. The highest BCUT2D eigenvalue weighted by atomic mass is 16.1. The summed E-state index contributed by atoms with van der Waals surface area (Å²) >= 11 is 0. The molecule has 0 aromatic carbocycles. The van der Waals surface area contributed by atoms with E-state index in [-0.39, 0.29) is 12.1 Å². The molecule has 0 aliphatic heterocycles. The lowest BCUT2D eigenvalue weighted by atomic mass is 10.0. The minimum Gasteiger partial charge on any atom is -0.366 e. The van der Waals surface area contributed by atoms with Crippen LogP contribution < -0.4 is 11.5 Å². The molecule has 0 aliphatic rings. The SMILES string of the molecule is CC(N)C(c1cccnc1)n1cc(C(N)=O)cn1. The van der Waals surface area contributed by atoms with Gasteiger partial charge in [0, 0.05) is 24.6 Å². The molecule has 0 spiro atoms. The molecule has 6 nitrogen and oxygen atoms in total. The lowest BCUT2D eigenvalue weighted by molar-refractivity contribution is 0.1000. The molecular weight excluding hydrogens is 230 g/mol. The fourth-order valence-electron chi connectivity index (χ4n) is 1.87. The van der Waals surface area contributed by atoms with Gasteiger partial charge in [-0.1, -0.05) is 6.07 Å². The maximum atomic E-state index is 11.1. The van der Waals surface area contributed by atoms with Gasteiger partial charge in [-0.15, -0.1) is 0 Å². The number of nitrogens with zero attached hydrogens (tertiary/aromatic N) is 3. The van der Waals surface area contributed by atoms with Crippen LogP contribution in [0.15, 0.2) is 36.9 Å². The number of pyridine rings is 1. The average Bonchev–Trinajstić information content (AvgIpc) is 2.79. The van der Waals surface area contributed by atoms with Gasteiger partial charge in [0.15, 0.2) is 0 Å². The van der Waals surface area contributed by atoms with Gasteiger partial charge in [-0.25, -0.2) is 0 Å². The van der Waals surface area contributed by atoms with Crippen LogP contribution in [0.2, 0.25) is 0 Å². The van der Waals surface area contributed by atoms with Gasteiger partial charge in [-0.3, -0.25) is 14.5 Å².